The van der Waals surface area contributed by atoms with E-state index in [1.54, 1.807) is 0 Å². The minimum absolute atomic E-state index is 0.107. The molecule has 2 rings (SSSR count). The molecule has 0 aliphatic carbocycles. The second kappa shape index (κ2) is 4.00. The van der Waals surface area contributed by atoms with Gasteiger partial charge in [0.1, 0.15) is 0 Å². The maximum absolute atomic E-state index is 12.4. The number of fused-ring (bicyclic) bond motifs is 1. The van der Waals surface area contributed by atoms with Crippen LogP contribution in [0.3, 0.4) is 0 Å². The van der Waals surface area contributed by atoms with E-state index in [9.17, 15) is 18.0 Å². The fraction of sp³-hybridized carbons (Fsp3) is 0.0909. The van der Waals surface area contributed by atoms with Gasteiger partial charge in [0, 0.05) is 11.6 Å². The second-order valence-corrected chi connectivity index (χ2v) is 3.75. The number of benzene rings is 1. The zero-order chi connectivity index (χ0) is 12.6. The number of aldehydes is 1. The molecule has 0 bridgehead atoms. The predicted octanol–water partition coefficient (Wildman–Crippen LogP) is 3.72. The summed E-state index contributed by atoms with van der Waals surface area (Å²) in [6.45, 7) is 0. The molecule has 88 valence electrons. The van der Waals surface area contributed by atoms with Gasteiger partial charge in [0.15, 0.2) is 6.29 Å². The van der Waals surface area contributed by atoms with Gasteiger partial charge in [-0.1, -0.05) is 17.7 Å². The third kappa shape index (κ3) is 2.10. The first-order valence-corrected chi connectivity index (χ1v) is 4.92. The van der Waals surface area contributed by atoms with Crippen molar-refractivity contribution in [3.05, 3.63) is 40.5 Å². The Hall–Kier alpha value is -1.62. The number of hydrogen-bond donors (Lipinski definition) is 0. The van der Waals surface area contributed by atoms with Crippen LogP contribution in [0, 0.1) is 0 Å². The summed E-state index contributed by atoms with van der Waals surface area (Å²) in [4.78, 5) is 14.4. The number of carbonyl (C=O) groups excluding carboxylic acids is 1. The van der Waals surface area contributed by atoms with Crippen LogP contribution in [0.1, 0.15) is 15.9 Å². The molecule has 0 aliphatic heterocycles. The Labute approximate surface area is 99.0 Å². The lowest BCUT2D eigenvalue weighted by molar-refractivity contribution is -0.137. The van der Waals surface area contributed by atoms with Crippen molar-refractivity contribution in [3.63, 3.8) is 0 Å². The van der Waals surface area contributed by atoms with E-state index in [2.05, 4.69) is 4.98 Å². The van der Waals surface area contributed by atoms with E-state index in [-0.39, 0.29) is 16.1 Å². The molecule has 1 aromatic carbocycles. The SMILES string of the molecule is O=Cc1cnc2cc(C(F)(F)F)ccc2c1Cl. The van der Waals surface area contributed by atoms with Gasteiger partial charge in [-0.3, -0.25) is 9.78 Å². The Balaban J connectivity index is 2.70. The van der Waals surface area contributed by atoms with Crippen LogP contribution in [0.2, 0.25) is 5.02 Å². The smallest absolute Gasteiger partial charge is 0.298 e. The van der Waals surface area contributed by atoms with Crippen LogP contribution >= 0.6 is 11.6 Å². The van der Waals surface area contributed by atoms with E-state index in [0.717, 1.165) is 18.3 Å². The van der Waals surface area contributed by atoms with Crippen molar-refractivity contribution in [1.29, 1.82) is 0 Å². The molecule has 0 atom stereocenters. The van der Waals surface area contributed by atoms with Gasteiger partial charge in [-0.2, -0.15) is 13.2 Å². The molecule has 1 aromatic heterocycles. The number of nitrogens with zero attached hydrogens (tertiary/aromatic N) is 1. The van der Waals surface area contributed by atoms with Crippen molar-refractivity contribution >= 4 is 28.8 Å². The van der Waals surface area contributed by atoms with Crippen LogP contribution in [0.25, 0.3) is 10.9 Å². The first-order valence-electron chi connectivity index (χ1n) is 4.54. The van der Waals surface area contributed by atoms with Gasteiger partial charge in [0.2, 0.25) is 0 Å². The highest BCUT2D eigenvalue weighted by molar-refractivity contribution is 6.37. The van der Waals surface area contributed by atoms with Crippen molar-refractivity contribution in [2.45, 2.75) is 6.18 Å². The molecule has 0 unspecified atom stereocenters. The standard InChI is InChI=1S/C11H5ClF3NO/c12-10-6(5-17)4-16-9-3-7(11(13,14)15)1-2-8(9)10/h1-5H. The molecular weight excluding hydrogens is 255 g/mol. The third-order valence-corrected chi connectivity index (χ3v) is 2.71. The van der Waals surface area contributed by atoms with Gasteiger partial charge in [-0.05, 0) is 12.1 Å². The molecule has 0 amide bonds. The van der Waals surface area contributed by atoms with Crippen LogP contribution in [0.4, 0.5) is 13.2 Å². The molecule has 0 spiro atoms. The minimum atomic E-state index is -4.42. The molecule has 0 aliphatic rings. The summed E-state index contributed by atoms with van der Waals surface area (Å²) in [6.07, 6.45) is -2.77. The monoisotopic (exact) mass is 259 g/mol. The molecule has 0 radical (unpaired) electrons. The van der Waals surface area contributed by atoms with E-state index in [0.29, 0.717) is 11.7 Å². The van der Waals surface area contributed by atoms with Crippen LogP contribution in [0.15, 0.2) is 24.4 Å². The highest BCUT2D eigenvalue weighted by Gasteiger charge is 2.30. The maximum Gasteiger partial charge on any atom is 0.416 e. The summed E-state index contributed by atoms with van der Waals surface area (Å²) in [5.74, 6) is 0. The predicted molar refractivity (Wildman–Crippen MR) is 57.1 cm³/mol. The summed E-state index contributed by atoms with van der Waals surface area (Å²) >= 11 is 5.86. The van der Waals surface area contributed by atoms with Gasteiger partial charge in [-0.25, -0.2) is 0 Å². The lowest BCUT2D eigenvalue weighted by atomic mass is 10.1. The fourth-order valence-corrected chi connectivity index (χ4v) is 1.69. The van der Waals surface area contributed by atoms with E-state index in [4.69, 9.17) is 11.6 Å². The number of rotatable bonds is 1. The largest absolute Gasteiger partial charge is 0.416 e. The van der Waals surface area contributed by atoms with E-state index in [1.807, 2.05) is 0 Å². The molecule has 1 heterocycles. The Morgan fingerprint density at radius 2 is 2.00 bits per heavy atom. The minimum Gasteiger partial charge on any atom is -0.298 e. The summed E-state index contributed by atoms with van der Waals surface area (Å²) in [5.41, 5.74) is -0.540. The summed E-state index contributed by atoms with van der Waals surface area (Å²) in [5, 5.41) is 0.433. The van der Waals surface area contributed by atoms with E-state index in [1.165, 1.54) is 6.07 Å². The first kappa shape index (κ1) is 11.9. The van der Waals surface area contributed by atoms with Crippen LogP contribution in [0.5, 0.6) is 0 Å². The second-order valence-electron chi connectivity index (χ2n) is 3.38. The summed E-state index contributed by atoms with van der Waals surface area (Å²) in [6, 6.07) is 3.01. The number of pyridine rings is 1. The Morgan fingerprint density at radius 3 is 2.59 bits per heavy atom. The van der Waals surface area contributed by atoms with Crippen molar-refractivity contribution in [2.75, 3.05) is 0 Å². The molecular formula is C11H5ClF3NO. The molecule has 0 saturated heterocycles. The zero-order valence-corrected chi connectivity index (χ0v) is 9.01. The lowest BCUT2D eigenvalue weighted by Gasteiger charge is -2.08. The number of aromatic nitrogens is 1. The van der Waals surface area contributed by atoms with Crippen LogP contribution < -0.4 is 0 Å². The number of carbonyl (C=O) groups is 1. The summed E-state index contributed by atoms with van der Waals surface area (Å²) < 4.78 is 37.3. The number of alkyl halides is 3. The van der Waals surface area contributed by atoms with Gasteiger partial charge >= 0.3 is 6.18 Å². The Morgan fingerprint density at radius 1 is 1.29 bits per heavy atom. The quantitative estimate of drug-likeness (QED) is 0.731. The fourth-order valence-electron chi connectivity index (χ4n) is 1.43. The zero-order valence-electron chi connectivity index (χ0n) is 8.25. The van der Waals surface area contributed by atoms with E-state index >= 15 is 0 Å². The van der Waals surface area contributed by atoms with Gasteiger partial charge in [0.05, 0.1) is 21.7 Å². The maximum atomic E-state index is 12.4. The van der Waals surface area contributed by atoms with Crippen LogP contribution in [-0.2, 0) is 6.18 Å². The van der Waals surface area contributed by atoms with E-state index < -0.39 is 11.7 Å². The number of halogens is 4. The van der Waals surface area contributed by atoms with Gasteiger partial charge < -0.3 is 0 Å². The highest BCUT2D eigenvalue weighted by Crippen LogP contribution is 2.33. The molecule has 2 nitrogen and oxygen atoms in total. The highest BCUT2D eigenvalue weighted by atomic mass is 35.5. The van der Waals surface area contributed by atoms with Crippen molar-refractivity contribution in [2.24, 2.45) is 0 Å². The normalized spacial score (nSPS) is 11.8. The molecule has 2 aromatic rings. The number of hydrogen-bond acceptors (Lipinski definition) is 2. The molecule has 0 N–H and O–H groups in total. The van der Waals surface area contributed by atoms with Crippen molar-refractivity contribution in [1.82, 2.24) is 4.98 Å². The molecule has 0 saturated carbocycles. The Kier molecular flexibility index (Phi) is 2.79. The Bertz CT molecular complexity index is 595. The summed E-state index contributed by atoms with van der Waals surface area (Å²) in [7, 11) is 0. The molecule has 17 heavy (non-hydrogen) atoms. The van der Waals surface area contributed by atoms with Crippen molar-refractivity contribution in [3.8, 4) is 0 Å². The van der Waals surface area contributed by atoms with Crippen LogP contribution in [-0.4, -0.2) is 11.3 Å². The first-order chi connectivity index (χ1) is 7.93. The molecule has 0 fully saturated rings. The average molecular weight is 260 g/mol. The van der Waals surface area contributed by atoms with Gasteiger partial charge in [0.25, 0.3) is 0 Å². The lowest BCUT2D eigenvalue weighted by Crippen LogP contribution is -2.04. The van der Waals surface area contributed by atoms with Gasteiger partial charge in [-0.15, -0.1) is 0 Å². The average Bonchev–Trinajstić information content (AvgIpc) is 2.28. The topological polar surface area (TPSA) is 30.0 Å². The molecule has 6 heteroatoms. The van der Waals surface area contributed by atoms with Crippen molar-refractivity contribution < 1.29 is 18.0 Å². The third-order valence-electron chi connectivity index (χ3n) is 2.28.